The Bertz CT molecular complexity index is 1320. The zero-order valence-electron chi connectivity index (χ0n) is 17.5. The minimum atomic E-state index is -0.775. The second kappa shape index (κ2) is 8.54. The first-order valence-corrected chi connectivity index (χ1v) is 10.2. The van der Waals surface area contributed by atoms with E-state index in [0.29, 0.717) is 17.6 Å². The van der Waals surface area contributed by atoms with Gasteiger partial charge in [0, 0.05) is 24.4 Å². The zero-order valence-corrected chi connectivity index (χ0v) is 17.5. The van der Waals surface area contributed by atoms with Gasteiger partial charge in [-0.3, -0.25) is 4.79 Å². The van der Waals surface area contributed by atoms with Crippen molar-refractivity contribution in [1.82, 2.24) is 19.9 Å². The lowest BCUT2D eigenvalue weighted by Crippen LogP contribution is -2.28. The Morgan fingerprint density at radius 2 is 2.00 bits per heavy atom. The fourth-order valence-corrected chi connectivity index (χ4v) is 3.82. The van der Waals surface area contributed by atoms with Crippen molar-refractivity contribution in [1.29, 1.82) is 5.26 Å². The molecule has 31 heavy (non-hydrogen) atoms. The van der Waals surface area contributed by atoms with E-state index >= 15 is 0 Å². The number of nitrogens with zero attached hydrogens (tertiary/aromatic N) is 4. The van der Waals surface area contributed by atoms with Crippen LogP contribution in [0.4, 0.5) is 0 Å². The summed E-state index contributed by atoms with van der Waals surface area (Å²) >= 11 is 0. The first-order valence-electron chi connectivity index (χ1n) is 10.2. The number of aryl methyl sites for hydroxylation is 2. The molecule has 0 aliphatic rings. The highest BCUT2D eigenvalue weighted by Crippen LogP contribution is 2.21. The zero-order chi connectivity index (χ0) is 22.0. The molecule has 0 radical (unpaired) electrons. The minimum Gasteiger partial charge on any atom is -0.387 e. The van der Waals surface area contributed by atoms with Crippen LogP contribution in [0.1, 0.15) is 40.6 Å². The van der Waals surface area contributed by atoms with E-state index in [-0.39, 0.29) is 18.9 Å². The Hall–Kier alpha value is -3.76. The smallest absolute Gasteiger partial charge is 0.220 e. The summed E-state index contributed by atoms with van der Waals surface area (Å²) in [5.41, 5.74) is 4.32. The van der Waals surface area contributed by atoms with Crippen LogP contribution in [-0.4, -0.2) is 32.2 Å². The Morgan fingerprint density at radius 1 is 1.23 bits per heavy atom. The molecule has 4 rings (SSSR count). The number of carbonyl (C=O) groups is 1. The van der Waals surface area contributed by atoms with Gasteiger partial charge in [-0.15, -0.1) is 0 Å². The van der Waals surface area contributed by atoms with Crippen LogP contribution in [0.25, 0.3) is 16.4 Å². The first-order chi connectivity index (χ1) is 15.0. The number of hydrogen-bond acceptors (Lipinski definition) is 5. The molecular formula is C24H23N5O2. The van der Waals surface area contributed by atoms with Gasteiger partial charge in [0.15, 0.2) is 5.65 Å². The third-order valence-corrected chi connectivity index (χ3v) is 5.58. The molecule has 2 aromatic heterocycles. The van der Waals surface area contributed by atoms with Crippen molar-refractivity contribution in [3.63, 3.8) is 0 Å². The van der Waals surface area contributed by atoms with Gasteiger partial charge in [0.25, 0.3) is 0 Å². The van der Waals surface area contributed by atoms with Gasteiger partial charge in [-0.05, 0) is 48.2 Å². The third-order valence-electron chi connectivity index (χ3n) is 5.58. The summed E-state index contributed by atoms with van der Waals surface area (Å²) in [7, 11) is 0. The molecule has 1 amide bonds. The molecule has 7 heteroatoms. The first kappa shape index (κ1) is 20.5. The second-order valence-electron chi connectivity index (χ2n) is 7.59. The van der Waals surface area contributed by atoms with Crippen LogP contribution in [0, 0.1) is 25.2 Å². The molecule has 0 spiro atoms. The maximum absolute atomic E-state index is 12.4. The van der Waals surface area contributed by atoms with Crippen LogP contribution in [0.5, 0.6) is 0 Å². The van der Waals surface area contributed by atoms with Crippen molar-refractivity contribution in [3.05, 3.63) is 76.7 Å². The van der Waals surface area contributed by atoms with Crippen LogP contribution in [0.2, 0.25) is 0 Å². The molecule has 0 bridgehead atoms. The standard InChI is InChI=1S/C24H23N5O2/c1-15-21(16(2)29-24(28-15)20(12-25)13-27-29)9-10-23(31)26-14-22(30)19-8-7-17-5-3-4-6-18(17)11-19/h3-8,11,13,22,30H,9-10,14H2,1-2H3,(H,26,31). The Balaban J connectivity index is 1.38. The van der Waals surface area contributed by atoms with E-state index in [4.69, 9.17) is 0 Å². The number of aromatic nitrogens is 3. The summed E-state index contributed by atoms with van der Waals surface area (Å²) in [6.07, 6.45) is 1.49. The minimum absolute atomic E-state index is 0.142. The van der Waals surface area contributed by atoms with E-state index in [0.717, 1.165) is 33.3 Å². The fraction of sp³-hybridized carbons (Fsp3) is 0.250. The number of hydrogen-bond donors (Lipinski definition) is 2. The molecule has 4 aromatic rings. The molecule has 0 aliphatic carbocycles. The molecule has 0 saturated heterocycles. The quantitative estimate of drug-likeness (QED) is 0.505. The Morgan fingerprint density at radius 3 is 2.77 bits per heavy atom. The fourth-order valence-electron chi connectivity index (χ4n) is 3.82. The maximum Gasteiger partial charge on any atom is 0.220 e. The van der Waals surface area contributed by atoms with Gasteiger partial charge in [0.2, 0.25) is 5.91 Å². The summed E-state index contributed by atoms with van der Waals surface area (Å²) in [6, 6.07) is 15.8. The molecule has 0 fully saturated rings. The second-order valence-corrected chi connectivity index (χ2v) is 7.59. The van der Waals surface area contributed by atoms with E-state index in [9.17, 15) is 15.2 Å². The summed E-state index contributed by atoms with van der Waals surface area (Å²) in [5, 5.41) is 28.9. The lowest BCUT2D eigenvalue weighted by molar-refractivity contribution is -0.121. The number of aliphatic hydroxyl groups is 1. The van der Waals surface area contributed by atoms with E-state index < -0.39 is 6.10 Å². The van der Waals surface area contributed by atoms with E-state index in [2.05, 4.69) is 21.5 Å². The average molecular weight is 413 g/mol. The number of amides is 1. The van der Waals surface area contributed by atoms with Gasteiger partial charge in [-0.25, -0.2) is 9.50 Å². The topological polar surface area (TPSA) is 103 Å². The van der Waals surface area contributed by atoms with Crippen molar-refractivity contribution in [2.75, 3.05) is 6.54 Å². The lowest BCUT2D eigenvalue weighted by Gasteiger charge is -2.14. The monoisotopic (exact) mass is 413 g/mol. The molecule has 156 valence electrons. The van der Waals surface area contributed by atoms with Crippen LogP contribution in [0.15, 0.2) is 48.7 Å². The van der Waals surface area contributed by atoms with Crippen LogP contribution in [0.3, 0.4) is 0 Å². The normalized spacial score (nSPS) is 12.1. The number of fused-ring (bicyclic) bond motifs is 2. The number of rotatable bonds is 6. The lowest BCUT2D eigenvalue weighted by atomic mass is 10.0. The summed E-state index contributed by atoms with van der Waals surface area (Å²) in [6.45, 7) is 3.93. The van der Waals surface area contributed by atoms with Gasteiger partial charge in [0.05, 0.1) is 12.3 Å². The average Bonchev–Trinajstić information content (AvgIpc) is 3.19. The predicted octanol–water partition coefficient (Wildman–Crippen LogP) is 3.15. The van der Waals surface area contributed by atoms with Gasteiger partial charge in [0.1, 0.15) is 11.6 Å². The predicted molar refractivity (Wildman–Crippen MR) is 117 cm³/mol. The summed E-state index contributed by atoms with van der Waals surface area (Å²) < 4.78 is 1.64. The van der Waals surface area contributed by atoms with Gasteiger partial charge in [-0.2, -0.15) is 10.4 Å². The molecular weight excluding hydrogens is 390 g/mol. The summed E-state index contributed by atoms with van der Waals surface area (Å²) in [5.74, 6) is -0.142. The van der Waals surface area contributed by atoms with Crippen molar-refractivity contribution >= 4 is 22.3 Å². The van der Waals surface area contributed by atoms with Gasteiger partial charge >= 0.3 is 0 Å². The molecule has 0 saturated carbocycles. The van der Waals surface area contributed by atoms with Crippen molar-refractivity contribution in [2.24, 2.45) is 0 Å². The number of carbonyl (C=O) groups excluding carboxylic acids is 1. The van der Waals surface area contributed by atoms with Crippen molar-refractivity contribution in [2.45, 2.75) is 32.8 Å². The van der Waals surface area contributed by atoms with Crippen LogP contribution >= 0.6 is 0 Å². The Kier molecular flexibility index (Phi) is 5.65. The van der Waals surface area contributed by atoms with Crippen molar-refractivity contribution < 1.29 is 9.90 Å². The summed E-state index contributed by atoms with van der Waals surface area (Å²) in [4.78, 5) is 16.9. The number of nitriles is 1. The molecule has 2 N–H and O–H groups in total. The van der Waals surface area contributed by atoms with E-state index in [1.807, 2.05) is 56.3 Å². The van der Waals surface area contributed by atoms with E-state index in [1.165, 1.54) is 6.20 Å². The SMILES string of the molecule is Cc1nc2c(C#N)cnn2c(C)c1CCC(=O)NCC(O)c1ccc2ccccc2c1. The van der Waals surface area contributed by atoms with Gasteiger partial charge < -0.3 is 10.4 Å². The highest BCUT2D eigenvalue weighted by atomic mass is 16.3. The highest BCUT2D eigenvalue weighted by molar-refractivity contribution is 5.83. The largest absolute Gasteiger partial charge is 0.387 e. The van der Waals surface area contributed by atoms with E-state index in [1.54, 1.807) is 4.52 Å². The van der Waals surface area contributed by atoms with Crippen LogP contribution < -0.4 is 5.32 Å². The molecule has 2 heterocycles. The highest BCUT2D eigenvalue weighted by Gasteiger charge is 2.15. The third kappa shape index (κ3) is 4.11. The Labute approximate surface area is 180 Å². The molecule has 1 unspecified atom stereocenters. The molecule has 7 nitrogen and oxygen atoms in total. The van der Waals surface area contributed by atoms with Crippen LogP contribution in [-0.2, 0) is 11.2 Å². The number of benzene rings is 2. The number of aliphatic hydroxyl groups excluding tert-OH is 1. The molecule has 1 atom stereocenters. The number of nitrogens with one attached hydrogen (secondary N) is 1. The maximum atomic E-state index is 12.4. The molecule has 0 aliphatic heterocycles. The van der Waals surface area contributed by atoms with Gasteiger partial charge in [-0.1, -0.05) is 36.4 Å². The van der Waals surface area contributed by atoms with Crippen molar-refractivity contribution in [3.8, 4) is 6.07 Å². The molecule has 2 aromatic carbocycles.